The van der Waals surface area contributed by atoms with Gasteiger partial charge in [-0.2, -0.15) is 0 Å². The van der Waals surface area contributed by atoms with Gasteiger partial charge in [0.1, 0.15) is 17.2 Å². The normalized spacial score (nSPS) is 13.7. The molecule has 0 bridgehead atoms. The predicted octanol–water partition coefficient (Wildman–Crippen LogP) is 0.0941. The molecule has 0 aromatic carbocycles. The maximum Gasteiger partial charge on any atom is 0.329 e. The van der Waals surface area contributed by atoms with Crippen molar-refractivity contribution in [1.29, 1.82) is 0 Å². The SMILES string of the molecule is CC(C)Cn1c(N)c(C(=O)CSc2nnc(C3CC3)n2CCC(N)=O)c(=O)[nH]c1=O. The number of nitrogens with zero attached hydrogens (tertiary/aromatic N) is 4. The van der Waals surface area contributed by atoms with Gasteiger partial charge < -0.3 is 16.0 Å². The van der Waals surface area contributed by atoms with Crippen molar-refractivity contribution >= 4 is 29.3 Å². The molecular formula is C18H25N7O4S. The van der Waals surface area contributed by atoms with Crippen LogP contribution in [0.15, 0.2) is 14.7 Å². The zero-order valence-corrected chi connectivity index (χ0v) is 17.7. The number of primary amides is 1. The smallest absolute Gasteiger partial charge is 0.329 e. The number of anilines is 1. The van der Waals surface area contributed by atoms with Crippen molar-refractivity contribution in [3.05, 3.63) is 32.2 Å². The summed E-state index contributed by atoms with van der Waals surface area (Å²) in [6, 6.07) is 0. The van der Waals surface area contributed by atoms with Crippen LogP contribution >= 0.6 is 11.8 Å². The van der Waals surface area contributed by atoms with Gasteiger partial charge in [0.2, 0.25) is 5.91 Å². The minimum atomic E-state index is -0.808. The number of nitrogen functional groups attached to an aromatic ring is 1. The Morgan fingerprint density at radius 2 is 1.93 bits per heavy atom. The Hall–Kier alpha value is -2.89. The lowest BCUT2D eigenvalue weighted by atomic mass is 10.2. The minimum Gasteiger partial charge on any atom is -0.384 e. The summed E-state index contributed by atoms with van der Waals surface area (Å²) in [7, 11) is 0. The summed E-state index contributed by atoms with van der Waals surface area (Å²) >= 11 is 1.10. The molecule has 5 N–H and O–H groups in total. The number of H-pyrrole nitrogens is 1. The fourth-order valence-electron chi connectivity index (χ4n) is 3.09. The van der Waals surface area contributed by atoms with Crippen LogP contribution in [-0.2, 0) is 17.9 Å². The molecule has 0 radical (unpaired) electrons. The highest BCUT2D eigenvalue weighted by atomic mass is 32.2. The number of Topliss-reactive ketones (excluding diaryl/α,β-unsaturated/α-hetero) is 1. The molecule has 1 saturated carbocycles. The lowest BCUT2D eigenvalue weighted by Gasteiger charge is -2.14. The number of nitrogens with two attached hydrogens (primary N) is 2. The maximum atomic E-state index is 12.8. The third-order valence-electron chi connectivity index (χ3n) is 4.67. The van der Waals surface area contributed by atoms with E-state index in [2.05, 4.69) is 15.2 Å². The molecule has 1 fully saturated rings. The van der Waals surface area contributed by atoms with E-state index < -0.39 is 22.9 Å². The first-order chi connectivity index (χ1) is 14.2. The average molecular weight is 436 g/mol. The molecule has 1 aliphatic carbocycles. The molecule has 3 rings (SSSR count). The highest BCUT2D eigenvalue weighted by Crippen LogP contribution is 2.40. The van der Waals surface area contributed by atoms with Gasteiger partial charge in [0.05, 0.1) is 5.75 Å². The summed E-state index contributed by atoms with van der Waals surface area (Å²) in [6.07, 6.45) is 2.13. The van der Waals surface area contributed by atoms with Gasteiger partial charge in [-0.05, 0) is 18.8 Å². The van der Waals surface area contributed by atoms with Gasteiger partial charge in [0.15, 0.2) is 10.9 Å². The number of amides is 1. The molecule has 11 nitrogen and oxygen atoms in total. The van der Waals surface area contributed by atoms with Crippen LogP contribution in [0.25, 0.3) is 0 Å². The fourth-order valence-corrected chi connectivity index (χ4v) is 3.93. The fraction of sp³-hybridized carbons (Fsp3) is 0.556. The Kier molecular flexibility index (Phi) is 6.44. The van der Waals surface area contributed by atoms with Crippen LogP contribution in [-0.4, -0.2) is 41.8 Å². The van der Waals surface area contributed by atoms with E-state index in [0.717, 1.165) is 30.4 Å². The summed E-state index contributed by atoms with van der Waals surface area (Å²) in [6.45, 7) is 4.39. The van der Waals surface area contributed by atoms with Gasteiger partial charge in [-0.15, -0.1) is 10.2 Å². The molecule has 2 aromatic rings. The first-order valence-electron chi connectivity index (χ1n) is 9.69. The molecule has 162 valence electrons. The number of nitrogens with one attached hydrogen (secondary N) is 1. The van der Waals surface area contributed by atoms with Crippen molar-refractivity contribution in [2.45, 2.75) is 57.3 Å². The first-order valence-corrected chi connectivity index (χ1v) is 10.7. The van der Waals surface area contributed by atoms with Gasteiger partial charge in [-0.1, -0.05) is 25.6 Å². The number of ketones is 1. The van der Waals surface area contributed by atoms with Gasteiger partial charge in [-0.3, -0.25) is 23.9 Å². The molecule has 0 aliphatic heterocycles. The van der Waals surface area contributed by atoms with Crippen molar-refractivity contribution in [3.8, 4) is 0 Å². The quantitative estimate of drug-likeness (QED) is 0.348. The number of carbonyl (C=O) groups excluding carboxylic acids is 2. The van der Waals surface area contributed by atoms with E-state index in [1.165, 1.54) is 4.57 Å². The van der Waals surface area contributed by atoms with Crippen LogP contribution < -0.4 is 22.7 Å². The third kappa shape index (κ3) is 4.81. The second-order valence-electron chi connectivity index (χ2n) is 7.72. The van der Waals surface area contributed by atoms with Crippen LogP contribution in [0.2, 0.25) is 0 Å². The number of rotatable bonds is 10. The topological polar surface area (TPSA) is 172 Å². The van der Waals surface area contributed by atoms with Crippen LogP contribution in [0.3, 0.4) is 0 Å². The van der Waals surface area contributed by atoms with E-state index in [0.29, 0.717) is 17.6 Å². The van der Waals surface area contributed by atoms with Crippen molar-refractivity contribution < 1.29 is 9.59 Å². The van der Waals surface area contributed by atoms with Gasteiger partial charge in [-0.25, -0.2) is 4.79 Å². The molecule has 1 aliphatic rings. The van der Waals surface area contributed by atoms with E-state index >= 15 is 0 Å². The number of hydrogen-bond donors (Lipinski definition) is 3. The molecular weight excluding hydrogens is 410 g/mol. The average Bonchev–Trinajstić information content (AvgIpc) is 3.42. The Morgan fingerprint density at radius 3 is 2.53 bits per heavy atom. The van der Waals surface area contributed by atoms with E-state index in [-0.39, 0.29) is 36.0 Å². The highest BCUT2D eigenvalue weighted by Gasteiger charge is 2.31. The van der Waals surface area contributed by atoms with E-state index in [4.69, 9.17) is 11.5 Å². The van der Waals surface area contributed by atoms with Crippen LogP contribution in [0.4, 0.5) is 5.82 Å². The van der Waals surface area contributed by atoms with Crippen molar-refractivity contribution in [3.63, 3.8) is 0 Å². The standard InChI is InChI=1S/C18H25N7O4S/c1-9(2)7-25-14(20)13(16(28)21-17(25)29)11(26)8-30-18-23-22-15(10-3-4-10)24(18)6-5-12(19)27/h9-10H,3-8,20H2,1-2H3,(H2,19,27)(H,21,28,29). The van der Waals surface area contributed by atoms with E-state index in [1.54, 1.807) is 4.57 Å². The monoisotopic (exact) mass is 435 g/mol. The minimum absolute atomic E-state index is 0.0953. The second-order valence-corrected chi connectivity index (χ2v) is 8.66. The number of carbonyl (C=O) groups is 2. The summed E-state index contributed by atoms with van der Waals surface area (Å²) in [5.74, 6) is -0.0535. The van der Waals surface area contributed by atoms with E-state index in [1.807, 2.05) is 13.8 Å². The molecule has 0 unspecified atom stereocenters. The summed E-state index contributed by atoms with van der Waals surface area (Å²) in [4.78, 5) is 50.4. The first kappa shape index (κ1) is 21.8. The van der Waals surface area contributed by atoms with Gasteiger partial charge >= 0.3 is 5.69 Å². The Balaban J connectivity index is 1.82. The molecule has 30 heavy (non-hydrogen) atoms. The lowest BCUT2D eigenvalue weighted by Crippen LogP contribution is -2.37. The number of thioether (sulfide) groups is 1. The predicted molar refractivity (Wildman–Crippen MR) is 111 cm³/mol. The van der Waals surface area contributed by atoms with Crippen molar-refractivity contribution in [2.24, 2.45) is 11.7 Å². The number of hydrogen-bond acceptors (Lipinski definition) is 8. The van der Waals surface area contributed by atoms with Gasteiger partial charge in [0, 0.05) is 25.4 Å². The zero-order chi connectivity index (χ0) is 22.0. The maximum absolute atomic E-state index is 12.8. The van der Waals surface area contributed by atoms with Crippen molar-refractivity contribution in [2.75, 3.05) is 11.5 Å². The zero-order valence-electron chi connectivity index (χ0n) is 16.9. The number of aromatic amines is 1. The summed E-state index contributed by atoms with van der Waals surface area (Å²) < 4.78 is 3.00. The molecule has 0 atom stereocenters. The third-order valence-corrected chi connectivity index (χ3v) is 5.64. The summed E-state index contributed by atoms with van der Waals surface area (Å²) in [5, 5.41) is 8.80. The Bertz CT molecular complexity index is 1080. The highest BCUT2D eigenvalue weighted by molar-refractivity contribution is 7.99. The van der Waals surface area contributed by atoms with Gasteiger partial charge in [0.25, 0.3) is 5.56 Å². The lowest BCUT2D eigenvalue weighted by molar-refractivity contribution is -0.118. The Labute approximate surface area is 176 Å². The molecule has 0 spiro atoms. The molecule has 0 saturated heterocycles. The van der Waals surface area contributed by atoms with E-state index in [9.17, 15) is 19.2 Å². The largest absolute Gasteiger partial charge is 0.384 e. The number of aromatic nitrogens is 5. The second kappa shape index (κ2) is 8.86. The van der Waals surface area contributed by atoms with Crippen LogP contribution in [0, 0.1) is 5.92 Å². The van der Waals surface area contributed by atoms with Crippen molar-refractivity contribution in [1.82, 2.24) is 24.3 Å². The Morgan fingerprint density at radius 1 is 1.23 bits per heavy atom. The molecule has 12 heteroatoms. The molecule has 2 heterocycles. The molecule has 1 amide bonds. The summed E-state index contributed by atoms with van der Waals surface area (Å²) in [5.41, 5.74) is 9.56. The molecule has 2 aromatic heterocycles. The van der Waals surface area contributed by atoms with Crippen LogP contribution in [0.5, 0.6) is 0 Å². The van der Waals surface area contributed by atoms with Crippen LogP contribution in [0.1, 0.15) is 55.2 Å².